The molecule has 4 nitrogen and oxygen atoms in total. The number of aromatic amines is 1. The Bertz CT molecular complexity index is 1060. The van der Waals surface area contributed by atoms with E-state index >= 15 is 0 Å². The third-order valence-corrected chi connectivity index (χ3v) is 7.42. The van der Waals surface area contributed by atoms with Crippen LogP contribution in [0.3, 0.4) is 0 Å². The summed E-state index contributed by atoms with van der Waals surface area (Å²) in [4.78, 5) is 22.0. The minimum atomic E-state index is 0.201. The molecule has 3 aromatic rings. The first-order chi connectivity index (χ1) is 14.7. The Labute approximate surface area is 182 Å². The SMILES string of the molecule is CSc1ccc2[nH]cc(C[C@H]3CCCN3CCCN3Cc4ccccc4C3=O)c2c1. The maximum absolute atomic E-state index is 12.6. The Hall–Kier alpha value is -2.24. The van der Waals surface area contributed by atoms with Gasteiger partial charge in [-0.05, 0) is 73.9 Å². The van der Waals surface area contributed by atoms with E-state index in [4.69, 9.17) is 0 Å². The molecular formula is C25H29N3OS. The van der Waals surface area contributed by atoms with Gasteiger partial charge in [-0.1, -0.05) is 18.2 Å². The maximum Gasteiger partial charge on any atom is 0.254 e. The zero-order valence-electron chi connectivity index (χ0n) is 17.6. The molecule has 1 atom stereocenters. The van der Waals surface area contributed by atoms with Gasteiger partial charge in [-0.15, -0.1) is 11.8 Å². The molecule has 0 spiro atoms. The van der Waals surface area contributed by atoms with E-state index in [1.807, 2.05) is 23.1 Å². The van der Waals surface area contributed by atoms with Crippen molar-refractivity contribution in [3.8, 4) is 0 Å². The molecule has 5 rings (SSSR count). The summed E-state index contributed by atoms with van der Waals surface area (Å²) in [7, 11) is 0. The molecule has 3 heterocycles. The summed E-state index contributed by atoms with van der Waals surface area (Å²) in [5.41, 5.74) is 4.73. The van der Waals surface area contributed by atoms with Gasteiger partial charge in [0.2, 0.25) is 0 Å². The van der Waals surface area contributed by atoms with Gasteiger partial charge in [0.25, 0.3) is 5.91 Å². The summed E-state index contributed by atoms with van der Waals surface area (Å²) in [6, 6.07) is 15.3. The average Bonchev–Trinajstić information content (AvgIpc) is 3.47. The maximum atomic E-state index is 12.6. The molecule has 1 fully saturated rings. The van der Waals surface area contributed by atoms with Gasteiger partial charge in [0.15, 0.2) is 0 Å². The van der Waals surface area contributed by atoms with Crippen LogP contribution in [0.4, 0.5) is 0 Å². The van der Waals surface area contributed by atoms with Crippen LogP contribution in [-0.2, 0) is 13.0 Å². The van der Waals surface area contributed by atoms with Gasteiger partial charge in [0.05, 0.1) is 0 Å². The Balaban J connectivity index is 1.19. The summed E-state index contributed by atoms with van der Waals surface area (Å²) in [6.45, 7) is 3.87. The van der Waals surface area contributed by atoms with Crippen molar-refractivity contribution in [1.82, 2.24) is 14.8 Å². The number of nitrogens with zero attached hydrogens (tertiary/aromatic N) is 2. The Morgan fingerprint density at radius 2 is 2.07 bits per heavy atom. The quantitative estimate of drug-likeness (QED) is 0.551. The largest absolute Gasteiger partial charge is 0.361 e. The van der Waals surface area contributed by atoms with Crippen molar-refractivity contribution in [3.05, 3.63) is 65.4 Å². The lowest BCUT2D eigenvalue weighted by Crippen LogP contribution is -2.34. The molecule has 0 bridgehead atoms. The van der Waals surface area contributed by atoms with Gasteiger partial charge < -0.3 is 9.88 Å². The molecule has 2 aliphatic heterocycles. The number of fused-ring (bicyclic) bond motifs is 2. The number of nitrogens with one attached hydrogen (secondary N) is 1. The number of likely N-dealkylation sites (tertiary alicyclic amines) is 1. The molecule has 1 saturated heterocycles. The van der Waals surface area contributed by atoms with E-state index in [0.29, 0.717) is 6.04 Å². The van der Waals surface area contributed by atoms with Gasteiger partial charge in [0, 0.05) is 53.2 Å². The Morgan fingerprint density at radius 3 is 2.93 bits per heavy atom. The highest BCUT2D eigenvalue weighted by Gasteiger charge is 2.28. The summed E-state index contributed by atoms with van der Waals surface area (Å²) >= 11 is 1.80. The van der Waals surface area contributed by atoms with Crippen LogP contribution in [0.5, 0.6) is 0 Å². The van der Waals surface area contributed by atoms with Crippen LogP contribution in [0, 0.1) is 0 Å². The summed E-state index contributed by atoms with van der Waals surface area (Å²) < 4.78 is 0. The van der Waals surface area contributed by atoms with E-state index in [-0.39, 0.29) is 5.91 Å². The van der Waals surface area contributed by atoms with Crippen molar-refractivity contribution in [1.29, 1.82) is 0 Å². The first kappa shape index (κ1) is 19.7. The van der Waals surface area contributed by atoms with Gasteiger partial charge in [-0.2, -0.15) is 0 Å². The molecule has 0 unspecified atom stereocenters. The fourth-order valence-corrected chi connectivity index (χ4v) is 5.53. The van der Waals surface area contributed by atoms with Crippen LogP contribution in [0.25, 0.3) is 10.9 Å². The summed E-state index contributed by atoms with van der Waals surface area (Å²) in [6.07, 6.45) is 9.02. The van der Waals surface area contributed by atoms with Crippen LogP contribution in [0.1, 0.15) is 40.7 Å². The normalized spacial score (nSPS) is 19.2. The van der Waals surface area contributed by atoms with Gasteiger partial charge >= 0.3 is 0 Å². The first-order valence-corrected chi connectivity index (χ1v) is 12.2. The highest BCUT2D eigenvalue weighted by molar-refractivity contribution is 7.98. The molecule has 0 saturated carbocycles. The number of carbonyl (C=O) groups excluding carboxylic acids is 1. The second-order valence-electron chi connectivity index (χ2n) is 8.50. The molecule has 1 N–H and O–H groups in total. The minimum Gasteiger partial charge on any atom is -0.361 e. The zero-order valence-corrected chi connectivity index (χ0v) is 18.4. The highest BCUT2D eigenvalue weighted by atomic mass is 32.2. The number of carbonyl (C=O) groups is 1. The minimum absolute atomic E-state index is 0.201. The second kappa shape index (κ2) is 8.48. The van der Waals surface area contributed by atoms with E-state index in [1.54, 1.807) is 11.8 Å². The Kier molecular flexibility index (Phi) is 5.57. The lowest BCUT2D eigenvalue weighted by molar-refractivity contribution is 0.0770. The standard InChI is InChI=1S/C25H29N3OS/c1-30-21-9-10-24-23(15-21)19(16-26-24)14-20-7-4-11-27(20)12-5-13-28-17-18-6-2-3-8-22(18)25(28)29/h2-3,6,8-10,15-16,20,26H,4-5,7,11-14,17H2,1H3/t20-/m1/s1. The zero-order chi connectivity index (χ0) is 20.5. The number of aromatic nitrogens is 1. The van der Waals surface area contributed by atoms with Crippen LogP contribution in [0.15, 0.2) is 53.6 Å². The molecule has 0 radical (unpaired) electrons. The van der Waals surface area contributed by atoms with Crippen molar-refractivity contribution >= 4 is 28.6 Å². The number of H-pyrrole nitrogens is 1. The van der Waals surface area contributed by atoms with E-state index in [2.05, 4.69) is 46.6 Å². The molecule has 30 heavy (non-hydrogen) atoms. The fourth-order valence-electron chi connectivity index (χ4n) is 5.09. The van der Waals surface area contributed by atoms with Crippen molar-refractivity contribution < 1.29 is 4.79 Å². The van der Waals surface area contributed by atoms with E-state index in [1.165, 1.54) is 46.3 Å². The van der Waals surface area contributed by atoms with Crippen LogP contribution in [0.2, 0.25) is 0 Å². The predicted molar refractivity (Wildman–Crippen MR) is 124 cm³/mol. The number of thioether (sulfide) groups is 1. The van der Waals surface area contributed by atoms with Crippen molar-refractivity contribution in [2.45, 2.75) is 43.2 Å². The number of rotatable bonds is 7. The summed E-state index contributed by atoms with van der Waals surface area (Å²) in [5.74, 6) is 0.201. The average molecular weight is 420 g/mol. The first-order valence-electron chi connectivity index (χ1n) is 11.0. The lowest BCUT2D eigenvalue weighted by atomic mass is 10.0. The Morgan fingerprint density at radius 1 is 1.17 bits per heavy atom. The molecule has 2 aromatic carbocycles. The van der Waals surface area contributed by atoms with Crippen LogP contribution in [-0.4, -0.2) is 52.6 Å². The van der Waals surface area contributed by atoms with Gasteiger partial charge in [0.1, 0.15) is 0 Å². The van der Waals surface area contributed by atoms with E-state index in [9.17, 15) is 4.79 Å². The number of amides is 1. The topological polar surface area (TPSA) is 39.3 Å². The molecule has 1 amide bonds. The second-order valence-corrected chi connectivity index (χ2v) is 9.38. The van der Waals surface area contributed by atoms with Gasteiger partial charge in [-0.25, -0.2) is 0 Å². The van der Waals surface area contributed by atoms with Crippen LogP contribution < -0.4 is 0 Å². The van der Waals surface area contributed by atoms with Crippen molar-refractivity contribution in [2.24, 2.45) is 0 Å². The molecule has 156 valence electrons. The lowest BCUT2D eigenvalue weighted by Gasteiger charge is -2.25. The fraction of sp³-hybridized carbons (Fsp3) is 0.400. The number of hydrogen-bond acceptors (Lipinski definition) is 3. The van der Waals surface area contributed by atoms with Crippen molar-refractivity contribution in [3.63, 3.8) is 0 Å². The summed E-state index contributed by atoms with van der Waals surface area (Å²) in [5, 5.41) is 1.37. The van der Waals surface area contributed by atoms with Crippen LogP contribution >= 0.6 is 11.8 Å². The number of hydrogen-bond donors (Lipinski definition) is 1. The molecule has 1 aromatic heterocycles. The molecule has 2 aliphatic rings. The van der Waals surface area contributed by atoms with E-state index < -0.39 is 0 Å². The molecule has 5 heteroatoms. The number of benzene rings is 2. The highest BCUT2D eigenvalue weighted by Crippen LogP contribution is 2.29. The third-order valence-electron chi connectivity index (χ3n) is 6.70. The monoisotopic (exact) mass is 419 g/mol. The van der Waals surface area contributed by atoms with E-state index in [0.717, 1.165) is 38.0 Å². The van der Waals surface area contributed by atoms with Crippen molar-refractivity contribution in [2.75, 3.05) is 25.9 Å². The third kappa shape index (κ3) is 3.77. The predicted octanol–water partition coefficient (Wildman–Crippen LogP) is 4.94. The molecule has 0 aliphatic carbocycles. The van der Waals surface area contributed by atoms with Gasteiger partial charge in [-0.3, -0.25) is 9.69 Å². The smallest absolute Gasteiger partial charge is 0.254 e. The molecular weight excluding hydrogens is 390 g/mol.